The average Bonchev–Trinajstić information content (AvgIpc) is 2.32. The van der Waals surface area contributed by atoms with Crippen molar-refractivity contribution in [2.24, 2.45) is 5.92 Å². The van der Waals surface area contributed by atoms with E-state index in [-0.39, 0.29) is 0 Å². The first-order valence-electron chi connectivity index (χ1n) is 5.94. The van der Waals surface area contributed by atoms with Crippen molar-refractivity contribution in [3.63, 3.8) is 0 Å². The molecule has 96 valence electrons. The Bertz CT molecular complexity index is 347. The fraction of sp³-hybridized carbons (Fsp3) is 0.667. The van der Waals surface area contributed by atoms with Crippen molar-refractivity contribution in [3.05, 3.63) is 11.8 Å². The van der Waals surface area contributed by atoms with Gasteiger partial charge in [-0.25, -0.2) is 4.98 Å². The maximum Gasteiger partial charge on any atom is 0.226 e. The molecule has 0 saturated heterocycles. The summed E-state index contributed by atoms with van der Waals surface area (Å²) in [7, 11) is 0. The molecule has 5 heteroatoms. The van der Waals surface area contributed by atoms with E-state index in [1.807, 2.05) is 13.0 Å². The summed E-state index contributed by atoms with van der Waals surface area (Å²) in [6.45, 7) is 7.50. The molecule has 0 aliphatic rings. The standard InChI is InChI=1S/C12H20ClN3O/c1-4-5-17-11-6-10(3)15-12(16-11)14-8-9(2)7-13/h6,9H,4-5,7-8H2,1-3H3,(H,14,15,16). The lowest BCUT2D eigenvalue weighted by Crippen LogP contribution is -2.15. The molecular weight excluding hydrogens is 238 g/mol. The van der Waals surface area contributed by atoms with Crippen molar-refractivity contribution in [1.29, 1.82) is 0 Å². The molecule has 1 N–H and O–H groups in total. The van der Waals surface area contributed by atoms with Gasteiger partial charge in [0.25, 0.3) is 0 Å². The SMILES string of the molecule is CCCOc1cc(C)nc(NCC(C)CCl)n1. The van der Waals surface area contributed by atoms with Gasteiger partial charge in [-0.1, -0.05) is 13.8 Å². The van der Waals surface area contributed by atoms with E-state index in [0.717, 1.165) is 18.7 Å². The molecule has 1 aromatic heterocycles. The minimum Gasteiger partial charge on any atom is -0.478 e. The number of alkyl halides is 1. The van der Waals surface area contributed by atoms with Crippen LogP contribution in [0.3, 0.4) is 0 Å². The molecule has 0 saturated carbocycles. The molecule has 0 aliphatic carbocycles. The average molecular weight is 258 g/mol. The van der Waals surface area contributed by atoms with Crippen molar-refractivity contribution in [2.45, 2.75) is 27.2 Å². The third-order valence-electron chi connectivity index (χ3n) is 2.16. The second-order valence-corrected chi connectivity index (χ2v) is 4.47. The number of anilines is 1. The first kappa shape index (κ1) is 14.0. The largest absolute Gasteiger partial charge is 0.478 e. The van der Waals surface area contributed by atoms with Gasteiger partial charge in [0.15, 0.2) is 0 Å². The van der Waals surface area contributed by atoms with Crippen molar-refractivity contribution in [1.82, 2.24) is 9.97 Å². The first-order valence-corrected chi connectivity index (χ1v) is 6.47. The molecule has 4 nitrogen and oxygen atoms in total. The van der Waals surface area contributed by atoms with Gasteiger partial charge in [-0.3, -0.25) is 0 Å². The van der Waals surface area contributed by atoms with Crippen LogP contribution >= 0.6 is 11.6 Å². The molecule has 1 rings (SSSR count). The Morgan fingerprint density at radius 3 is 2.88 bits per heavy atom. The minimum absolute atomic E-state index is 0.390. The number of ether oxygens (including phenoxy) is 1. The number of aryl methyl sites for hydroxylation is 1. The van der Waals surface area contributed by atoms with Crippen LogP contribution in [-0.4, -0.2) is 29.0 Å². The number of halogens is 1. The van der Waals surface area contributed by atoms with Crippen molar-refractivity contribution in [3.8, 4) is 5.88 Å². The van der Waals surface area contributed by atoms with Gasteiger partial charge in [0.1, 0.15) is 0 Å². The Morgan fingerprint density at radius 2 is 2.24 bits per heavy atom. The Labute approximate surface area is 108 Å². The molecule has 0 fully saturated rings. The Kier molecular flexibility index (Phi) is 6.05. The fourth-order valence-corrected chi connectivity index (χ4v) is 1.33. The molecule has 1 aromatic rings. The van der Waals surface area contributed by atoms with E-state index in [4.69, 9.17) is 16.3 Å². The highest BCUT2D eigenvalue weighted by atomic mass is 35.5. The highest BCUT2D eigenvalue weighted by Crippen LogP contribution is 2.12. The van der Waals surface area contributed by atoms with Gasteiger partial charge in [0.05, 0.1) is 6.61 Å². The predicted molar refractivity (Wildman–Crippen MR) is 70.9 cm³/mol. The third kappa shape index (κ3) is 5.22. The van der Waals surface area contributed by atoms with Gasteiger partial charge in [0.2, 0.25) is 11.8 Å². The molecular formula is C12H20ClN3O. The first-order chi connectivity index (χ1) is 8.15. The molecule has 17 heavy (non-hydrogen) atoms. The van der Waals surface area contributed by atoms with Crippen LogP contribution in [0.5, 0.6) is 5.88 Å². The molecule has 1 heterocycles. The van der Waals surface area contributed by atoms with Crippen molar-refractivity contribution in [2.75, 3.05) is 24.3 Å². The van der Waals surface area contributed by atoms with Crippen LogP contribution in [0.4, 0.5) is 5.95 Å². The fourth-order valence-electron chi connectivity index (χ4n) is 1.22. The quantitative estimate of drug-likeness (QED) is 0.763. The van der Waals surface area contributed by atoms with E-state index in [9.17, 15) is 0 Å². The van der Waals surface area contributed by atoms with Crippen LogP contribution in [-0.2, 0) is 0 Å². The van der Waals surface area contributed by atoms with E-state index in [0.29, 0.717) is 30.2 Å². The molecule has 1 atom stereocenters. The van der Waals surface area contributed by atoms with Crippen LogP contribution in [0.25, 0.3) is 0 Å². The zero-order valence-electron chi connectivity index (χ0n) is 10.7. The molecule has 0 bridgehead atoms. The van der Waals surface area contributed by atoms with Gasteiger partial charge in [-0.05, 0) is 19.3 Å². The van der Waals surface area contributed by atoms with Gasteiger partial charge in [-0.2, -0.15) is 4.98 Å². The van der Waals surface area contributed by atoms with Gasteiger partial charge in [0, 0.05) is 24.2 Å². The summed E-state index contributed by atoms with van der Waals surface area (Å²) in [5, 5.41) is 3.17. The van der Waals surface area contributed by atoms with E-state index >= 15 is 0 Å². The lowest BCUT2D eigenvalue weighted by atomic mass is 10.2. The normalized spacial score (nSPS) is 12.2. The topological polar surface area (TPSA) is 47.0 Å². The molecule has 0 aliphatic heterocycles. The maximum absolute atomic E-state index is 5.74. The molecule has 0 spiro atoms. The van der Waals surface area contributed by atoms with Crippen LogP contribution in [0, 0.1) is 12.8 Å². The van der Waals surface area contributed by atoms with E-state index in [2.05, 4.69) is 29.1 Å². The maximum atomic E-state index is 5.74. The summed E-state index contributed by atoms with van der Waals surface area (Å²) in [6, 6.07) is 1.84. The third-order valence-corrected chi connectivity index (χ3v) is 2.68. The van der Waals surface area contributed by atoms with E-state index in [1.54, 1.807) is 0 Å². The van der Waals surface area contributed by atoms with Crippen LogP contribution in [0.1, 0.15) is 26.0 Å². The van der Waals surface area contributed by atoms with Crippen LogP contribution in [0.15, 0.2) is 6.07 Å². The Morgan fingerprint density at radius 1 is 1.47 bits per heavy atom. The van der Waals surface area contributed by atoms with E-state index in [1.165, 1.54) is 0 Å². The van der Waals surface area contributed by atoms with Crippen LogP contribution in [0.2, 0.25) is 0 Å². The minimum atomic E-state index is 0.390. The number of nitrogens with zero attached hydrogens (tertiary/aromatic N) is 2. The number of hydrogen-bond donors (Lipinski definition) is 1. The molecule has 0 aromatic carbocycles. The number of rotatable bonds is 7. The molecule has 1 unspecified atom stereocenters. The number of hydrogen-bond acceptors (Lipinski definition) is 4. The second kappa shape index (κ2) is 7.33. The summed E-state index contributed by atoms with van der Waals surface area (Å²) in [5.41, 5.74) is 0.895. The Balaban J connectivity index is 2.61. The predicted octanol–water partition coefficient (Wildman–Crippen LogP) is 2.86. The summed E-state index contributed by atoms with van der Waals surface area (Å²) in [5.74, 6) is 2.24. The van der Waals surface area contributed by atoms with Gasteiger partial charge >= 0.3 is 0 Å². The zero-order chi connectivity index (χ0) is 12.7. The van der Waals surface area contributed by atoms with Gasteiger partial charge < -0.3 is 10.1 Å². The number of nitrogens with one attached hydrogen (secondary N) is 1. The summed E-state index contributed by atoms with van der Waals surface area (Å²) >= 11 is 5.74. The Hall–Kier alpha value is -1.03. The smallest absolute Gasteiger partial charge is 0.226 e. The van der Waals surface area contributed by atoms with Crippen molar-refractivity contribution < 1.29 is 4.74 Å². The highest BCUT2D eigenvalue weighted by molar-refractivity contribution is 6.18. The highest BCUT2D eigenvalue weighted by Gasteiger charge is 2.05. The lowest BCUT2D eigenvalue weighted by molar-refractivity contribution is 0.305. The molecule has 0 amide bonds. The van der Waals surface area contributed by atoms with Gasteiger partial charge in [-0.15, -0.1) is 11.6 Å². The summed E-state index contributed by atoms with van der Waals surface area (Å²) < 4.78 is 5.49. The van der Waals surface area contributed by atoms with Crippen molar-refractivity contribution >= 4 is 17.5 Å². The zero-order valence-corrected chi connectivity index (χ0v) is 11.4. The van der Waals surface area contributed by atoms with E-state index < -0.39 is 0 Å². The lowest BCUT2D eigenvalue weighted by Gasteiger charge is -2.11. The second-order valence-electron chi connectivity index (χ2n) is 4.16. The monoisotopic (exact) mass is 257 g/mol. The number of aromatic nitrogens is 2. The molecule has 0 radical (unpaired) electrons. The summed E-state index contributed by atoms with van der Waals surface area (Å²) in [6.07, 6.45) is 0.967. The summed E-state index contributed by atoms with van der Waals surface area (Å²) in [4.78, 5) is 8.59. The van der Waals surface area contributed by atoms with Crippen LogP contribution < -0.4 is 10.1 Å².